The summed E-state index contributed by atoms with van der Waals surface area (Å²) in [5.74, 6) is -0.967. The molecule has 0 bridgehead atoms. The molecule has 0 rings (SSSR count). The minimum atomic E-state index is -0.810. The van der Waals surface area contributed by atoms with Crippen molar-refractivity contribution in [1.29, 1.82) is 0 Å². The number of carbonyl (C=O) groups is 3. The third kappa shape index (κ3) is 62.0. The van der Waals surface area contributed by atoms with E-state index in [1.807, 2.05) is 0 Å². The average molecular weight is 1060 g/mol. The maximum absolute atomic E-state index is 12.8. The van der Waals surface area contributed by atoms with Crippen LogP contribution in [0.4, 0.5) is 0 Å². The van der Waals surface area contributed by atoms with Crippen LogP contribution in [0.5, 0.6) is 0 Å². The zero-order chi connectivity index (χ0) is 55.7. The Morgan fingerprint density at radius 2 is 0.468 bits per heavy atom. The molecule has 0 aromatic carbocycles. The molecule has 0 spiro atoms. The Bertz CT molecular complexity index is 1700. The lowest BCUT2D eigenvalue weighted by molar-refractivity contribution is -0.167. The molecule has 434 valence electrons. The molecular weight excluding hydrogens is 949 g/mol. The van der Waals surface area contributed by atoms with Crippen molar-refractivity contribution in [2.45, 2.75) is 271 Å². The molecule has 0 aromatic heterocycles. The maximum Gasteiger partial charge on any atom is 0.306 e. The van der Waals surface area contributed by atoms with Gasteiger partial charge in [-0.2, -0.15) is 0 Å². The van der Waals surface area contributed by atoms with Crippen LogP contribution in [0.25, 0.3) is 0 Å². The summed E-state index contributed by atoms with van der Waals surface area (Å²) in [7, 11) is 0. The SMILES string of the molecule is CC/C=C\C/C=C\C/C=C\C/C=C\C/C=C\C/C=C\CCCCCCCCCCCCCCCCC(=O)OCC(COC(=O)CCCCC/C=C\C/C=C\C/C=C\CC)OC(=O)CCCCC/C=C\C/C=C\C/C=C\CC. The van der Waals surface area contributed by atoms with Gasteiger partial charge in [0, 0.05) is 19.3 Å². The Morgan fingerprint density at radius 3 is 0.740 bits per heavy atom. The van der Waals surface area contributed by atoms with Gasteiger partial charge in [-0.25, -0.2) is 0 Å². The van der Waals surface area contributed by atoms with Gasteiger partial charge in [0.1, 0.15) is 13.2 Å². The summed E-state index contributed by atoms with van der Waals surface area (Å²) in [5.41, 5.74) is 0. The van der Waals surface area contributed by atoms with Gasteiger partial charge in [-0.15, -0.1) is 0 Å². The zero-order valence-electron chi connectivity index (χ0n) is 49.7. The molecule has 1 unspecified atom stereocenters. The fourth-order valence-corrected chi connectivity index (χ4v) is 8.24. The smallest absolute Gasteiger partial charge is 0.306 e. The van der Waals surface area contributed by atoms with Crippen molar-refractivity contribution in [3.63, 3.8) is 0 Å². The van der Waals surface area contributed by atoms with E-state index in [-0.39, 0.29) is 37.5 Å². The lowest BCUT2D eigenvalue weighted by Gasteiger charge is -2.18. The van der Waals surface area contributed by atoms with Crippen LogP contribution in [0.15, 0.2) is 146 Å². The fraction of sp³-hybridized carbons (Fsp3) is 0.620. The summed E-state index contributed by atoms with van der Waals surface area (Å²) >= 11 is 0. The fourth-order valence-electron chi connectivity index (χ4n) is 8.24. The number of hydrogen-bond acceptors (Lipinski definition) is 6. The molecule has 0 saturated carbocycles. The number of ether oxygens (including phenoxy) is 3. The Labute approximate surface area is 474 Å². The summed E-state index contributed by atoms with van der Waals surface area (Å²) in [6.07, 6.45) is 91.6. The van der Waals surface area contributed by atoms with E-state index in [0.29, 0.717) is 12.8 Å². The minimum Gasteiger partial charge on any atom is -0.462 e. The highest BCUT2D eigenvalue weighted by Crippen LogP contribution is 2.15. The van der Waals surface area contributed by atoms with Gasteiger partial charge in [0.05, 0.1) is 0 Å². The predicted octanol–water partition coefficient (Wildman–Crippen LogP) is 21.5. The molecule has 0 aromatic rings. The number of hydrogen-bond donors (Lipinski definition) is 0. The normalized spacial score (nSPS) is 13.1. The van der Waals surface area contributed by atoms with E-state index < -0.39 is 6.10 Å². The summed E-state index contributed by atoms with van der Waals surface area (Å²) in [6.45, 7) is 6.24. The number of allylic oxidation sites excluding steroid dienone is 24. The van der Waals surface area contributed by atoms with Gasteiger partial charge in [-0.1, -0.05) is 256 Å². The monoisotopic (exact) mass is 1060 g/mol. The standard InChI is InChI=1S/C71H114O6/c1-4-7-10-13-16-19-22-25-26-27-28-29-30-31-32-33-34-35-36-37-38-39-40-41-42-43-44-47-49-52-55-58-61-64-70(73)76-67-68(77-71(74)65-62-59-56-53-50-46-24-21-18-15-12-9-6-3)66-75-69(72)63-60-57-54-51-48-45-23-20-17-14-11-8-5-2/h7-12,16-21,25-26,28-29,31-32,34-35,45-46,48,50,68H,4-6,13-15,22-24,27,30,33,36-44,47,49,51-67H2,1-3H3/b10-7-,11-8-,12-9-,19-16-,20-17-,21-18-,26-25-,29-28-,32-31-,35-34-,48-45-,50-46-. The van der Waals surface area contributed by atoms with E-state index in [1.54, 1.807) is 0 Å². The molecule has 0 aliphatic carbocycles. The van der Waals surface area contributed by atoms with Gasteiger partial charge < -0.3 is 14.2 Å². The number of unbranched alkanes of at least 4 members (excludes halogenated alkanes) is 20. The summed E-state index contributed by atoms with van der Waals surface area (Å²) in [4.78, 5) is 38.2. The maximum atomic E-state index is 12.8. The topological polar surface area (TPSA) is 78.9 Å². The molecular formula is C71H114O6. The summed E-state index contributed by atoms with van der Waals surface area (Å²) in [6, 6.07) is 0. The van der Waals surface area contributed by atoms with Gasteiger partial charge in [0.15, 0.2) is 6.10 Å². The minimum absolute atomic E-state index is 0.103. The molecule has 77 heavy (non-hydrogen) atoms. The lowest BCUT2D eigenvalue weighted by atomic mass is 10.0. The van der Waals surface area contributed by atoms with E-state index in [4.69, 9.17) is 14.2 Å². The van der Waals surface area contributed by atoms with Crippen LogP contribution in [-0.4, -0.2) is 37.2 Å². The molecule has 1 atom stereocenters. The molecule has 0 radical (unpaired) electrons. The van der Waals surface area contributed by atoms with Crippen molar-refractivity contribution in [2.24, 2.45) is 0 Å². The second-order valence-corrected chi connectivity index (χ2v) is 20.2. The third-order valence-electron chi connectivity index (χ3n) is 12.8. The van der Waals surface area contributed by atoms with Crippen LogP contribution in [0.1, 0.15) is 265 Å². The number of carbonyl (C=O) groups excluding carboxylic acids is 3. The van der Waals surface area contributed by atoms with Gasteiger partial charge in [-0.3, -0.25) is 14.4 Å². The van der Waals surface area contributed by atoms with Crippen LogP contribution in [0.2, 0.25) is 0 Å². The molecule has 0 aliphatic rings. The highest BCUT2D eigenvalue weighted by Gasteiger charge is 2.19. The van der Waals surface area contributed by atoms with Crippen LogP contribution in [-0.2, 0) is 28.6 Å². The number of rotatable bonds is 55. The Kier molecular flexibility index (Phi) is 59.9. The van der Waals surface area contributed by atoms with Crippen LogP contribution in [0, 0.1) is 0 Å². The summed E-state index contributed by atoms with van der Waals surface area (Å²) in [5, 5.41) is 0. The second-order valence-electron chi connectivity index (χ2n) is 20.2. The molecule has 0 aliphatic heterocycles. The largest absolute Gasteiger partial charge is 0.462 e. The van der Waals surface area contributed by atoms with Crippen molar-refractivity contribution in [2.75, 3.05) is 13.2 Å². The molecule has 0 amide bonds. The van der Waals surface area contributed by atoms with Gasteiger partial charge in [-0.05, 0) is 135 Å². The van der Waals surface area contributed by atoms with E-state index in [1.165, 1.54) is 77.0 Å². The Balaban J connectivity index is 4.21. The van der Waals surface area contributed by atoms with Crippen LogP contribution < -0.4 is 0 Å². The third-order valence-corrected chi connectivity index (χ3v) is 12.8. The van der Waals surface area contributed by atoms with E-state index in [2.05, 4.69) is 167 Å². The molecule has 6 heteroatoms. The van der Waals surface area contributed by atoms with Crippen molar-refractivity contribution in [1.82, 2.24) is 0 Å². The first-order valence-corrected chi connectivity index (χ1v) is 31.3. The molecule has 0 N–H and O–H groups in total. The van der Waals surface area contributed by atoms with E-state index >= 15 is 0 Å². The molecule has 0 heterocycles. The molecule has 0 saturated heterocycles. The second kappa shape index (κ2) is 63.8. The average Bonchev–Trinajstić information content (AvgIpc) is 3.43. The Hall–Kier alpha value is -4.71. The predicted molar refractivity (Wildman–Crippen MR) is 334 cm³/mol. The first kappa shape index (κ1) is 72.3. The van der Waals surface area contributed by atoms with Gasteiger partial charge >= 0.3 is 17.9 Å². The lowest BCUT2D eigenvalue weighted by Crippen LogP contribution is -2.30. The van der Waals surface area contributed by atoms with E-state index in [9.17, 15) is 14.4 Å². The van der Waals surface area contributed by atoms with E-state index in [0.717, 1.165) is 148 Å². The van der Waals surface area contributed by atoms with Crippen LogP contribution >= 0.6 is 0 Å². The quantitative estimate of drug-likeness (QED) is 0.0261. The highest BCUT2D eigenvalue weighted by atomic mass is 16.6. The highest BCUT2D eigenvalue weighted by molar-refractivity contribution is 5.71. The van der Waals surface area contributed by atoms with Gasteiger partial charge in [0.2, 0.25) is 0 Å². The molecule has 6 nitrogen and oxygen atoms in total. The van der Waals surface area contributed by atoms with Crippen molar-refractivity contribution in [3.8, 4) is 0 Å². The summed E-state index contributed by atoms with van der Waals surface area (Å²) < 4.78 is 16.8. The van der Waals surface area contributed by atoms with Crippen molar-refractivity contribution < 1.29 is 28.6 Å². The first-order chi connectivity index (χ1) is 38.0. The zero-order valence-corrected chi connectivity index (χ0v) is 49.7. The molecule has 0 fully saturated rings. The van der Waals surface area contributed by atoms with Crippen LogP contribution in [0.3, 0.4) is 0 Å². The van der Waals surface area contributed by atoms with Crippen molar-refractivity contribution in [3.05, 3.63) is 146 Å². The number of esters is 3. The Morgan fingerprint density at radius 1 is 0.260 bits per heavy atom. The van der Waals surface area contributed by atoms with Gasteiger partial charge in [0.25, 0.3) is 0 Å². The van der Waals surface area contributed by atoms with Crippen molar-refractivity contribution >= 4 is 17.9 Å². The first-order valence-electron chi connectivity index (χ1n) is 31.3.